The van der Waals surface area contributed by atoms with Gasteiger partial charge in [-0.1, -0.05) is 25.1 Å². The fraction of sp³-hybridized carbons (Fsp3) is 0.455. The van der Waals surface area contributed by atoms with Gasteiger partial charge in [-0.3, -0.25) is 5.32 Å². The van der Waals surface area contributed by atoms with Crippen LogP contribution in [0.25, 0.3) is 0 Å². The Morgan fingerprint density at radius 2 is 2.31 bits per heavy atom. The van der Waals surface area contributed by atoms with E-state index in [-0.39, 0.29) is 6.23 Å². The van der Waals surface area contributed by atoms with Crippen LogP contribution in [0.1, 0.15) is 18.9 Å². The molecule has 0 radical (unpaired) electrons. The fourth-order valence-electron chi connectivity index (χ4n) is 1.60. The topological polar surface area (TPSA) is 21.3 Å². The Morgan fingerprint density at radius 1 is 1.46 bits per heavy atom. The van der Waals surface area contributed by atoms with E-state index in [0.29, 0.717) is 0 Å². The van der Waals surface area contributed by atoms with Crippen LogP contribution in [0.5, 0.6) is 5.75 Å². The zero-order valence-electron chi connectivity index (χ0n) is 7.92. The number of para-hydroxylation sites is 1. The van der Waals surface area contributed by atoms with E-state index in [1.165, 1.54) is 5.56 Å². The first-order chi connectivity index (χ1) is 6.40. The molecular formula is C11H15NO. The average Bonchev–Trinajstić information content (AvgIpc) is 2.57. The third-order valence-corrected chi connectivity index (χ3v) is 2.27. The van der Waals surface area contributed by atoms with Gasteiger partial charge in [0.25, 0.3) is 0 Å². The molecule has 0 aliphatic carbocycles. The van der Waals surface area contributed by atoms with Crippen molar-refractivity contribution >= 4 is 0 Å². The Hall–Kier alpha value is -1.02. The number of fused-ring (bicyclic) bond motifs is 1. The van der Waals surface area contributed by atoms with Gasteiger partial charge in [-0.15, -0.1) is 0 Å². The van der Waals surface area contributed by atoms with E-state index in [1.54, 1.807) is 0 Å². The summed E-state index contributed by atoms with van der Waals surface area (Å²) in [5.41, 5.74) is 1.32. The minimum Gasteiger partial charge on any atom is -0.475 e. The second-order valence-electron chi connectivity index (χ2n) is 3.37. The zero-order chi connectivity index (χ0) is 9.10. The van der Waals surface area contributed by atoms with Crippen LogP contribution in [0.2, 0.25) is 0 Å². The maximum absolute atomic E-state index is 5.70. The lowest BCUT2D eigenvalue weighted by molar-refractivity contribution is 0.192. The normalized spacial score (nSPS) is 19.6. The van der Waals surface area contributed by atoms with Crippen molar-refractivity contribution < 1.29 is 4.74 Å². The summed E-state index contributed by atoms with van der Waals surface area (Å²) in [5, 5.41) is 3.36. The summed E-state index contributed by atoms with van der Waals surface area (Å²) in [7, 11) is 0. The smallest absolute Gasteiger partial charge is 0.154 e. The van der Waals surface area contributed by atoms with Crippen molar-refractivity contribution in [3.05, 3.63) is 29.8 Å². The van der Waals surface area contributed by atoms with Crippen LogP contribution in [0, 0.1) is 0 Å². The van der Waals surface area contributed by atoms with E-state index >= 15 is 0 Å². The molecular weight excluding hydrogens is 162 g/mol. The Bertz CT molecular complexity index is 260. The molecule has 2 nitrogen and oxygen atoms in total. The summed E-state index contributed by atoms with van der Waals surface area (Å²) in [4.78, 5) is 0. The van der Waals surface area contributed by atoms with E-state index in [4.69, 9.17) is 4.74 Å². The van der Waals surface area contributed by atoms with Crippen LogP contribution >= 0.6 is 0 Å². The van der Waals surface area contributed by atoms with E-state index < -0.39 is 0 Å². The molecule has 1 atom stereocenters. The molecule has 0 aromatic heterocycles. The van der Waals surface area contributed by atoms with Crippen molar-refractivity contribution in [2.75, 3.05) is 6.54 Å². The Morgan fingerprint density at radius 3 is 3.08 bits per heavy atom. The molecule has 1 unspecified atom stereocenters. The molecule has 70 valence electrons. The number of nitrogens with one attached hydrogen (secondary N) is 1. The summed E-state index contributed by atoms with van der Waals surface area (Å²) < 4.78 is 5.70. The van der Waals surface area contributed by atoms with E-state index in [2.05, 4.69) is 24.4 Å². The van der Waals surface area contributed by atoms with Gasteiger partial charge in [0.05, 0.1) is 0 Å². The van der Waals surface area contributed by atoms with Gasteiger partial charge in [-0.05, 0) is 24.6 Å². The molecule has 1 aromatic rings. The molecule has 1 aromatic carbocycles. The van der Waals surface area contributed by atoms with Crippen molar-refractivity contribution in [3.8, 4) is 5.75 Å². The van der Waals surface area contributed by atoms with Crippen molar-refractivity contribution in [2.45, 2.75) is 26.0 Å². The van der Waals surface area contributed by atoms with Gasteiger partial charge in [0.1, 0.15) is 5.75 Å². The molecule has 1 aliphatic rings. The summed E-state index contributed by atoms with van der Waals surface area (Å²) in [6.07, 6.45) is 2.34. The quantitative estimate of drug-likeness (QED) is 0.762. The van der Waals surface area contributed by atoms with Crippen LogP contribution < -0.4 is 10.1 Å². The number of rotatable bonds is 3. The number of hydrogen-bond acceptors (Lipinski definition) is 2. The fourth-order valence-corrected chi connectivity index (χ4v) is 1.60. The lowest BCUT2D eigenvalue weighted by Crippen LogP contribution is -2.33. The van der Waals surface area contributed by atoms with Crippen LogP contribution in [-0.2, 0) is 6.42 Å². The summed E-state index contributed by atoms with van der Waals surface area (Å²) in [6, 6.07) is 8.23. The minimum absolute atomic E-state index is 0.192. The molecule has 13 heavy (non-hydrogen) atoms. The zero-order valence-corrected chi connectivity index (χ0v) is 7.92. The molecule has 0 amide bonds. The molecule has 0 saturated carbocycles. The lowest BCUT2D eigenvalue weighted by Gasteiger charge is -2.11. The maximum Gasteiger partial charge on any atom is 0.154 e. The average molecular weight is 177 g/mol. The molecule has 1 N–H and O–H groups in total. The highest BCUT2D eigenvalue weighted by Crippen LogP contribution is 2.26. The lowest BCUT2D eigenvalue weighted by atomic mass is 10.1. The molecule has 1 heterocycles. The van der Waals surface area contributed by atoms with E-state index in [1.807, 2.05) is 12.1 Å². The van der Waals surface area contributed by atoms with Gasteiger partial charge < -0.3 is 4.74 Å². The highest BCUT2D eigenvalue weighted by atomic mass is 16.5. The SMILES string of the molecule is CCCNC1Cc2ccccc2O1. The van der Waals surface area contributed by atoms with Crippen LogP contribution in [0.3, 0.4) is 0 Å². The predicted octanol–water partition coefficient (Wildman–Crippen LogP) is 1.95. The van der Waals surface area contributed by atoms with Gasteiger partial charge in [-0.2, -0.15) is 0 Å². The number of ether oxygens (including phenoxy) is 1. The molecule has 2 heteroatoms. The Balaban J connectivity index is 1.97. The van der Waals surface area contributed by atoms with Gasteiger partial charge in [0, 0.05) is 6.42 Å². The number of hydrogen-bond donors (Lipinski definition) is 1. The molecule has 0 spiro atoms. The van der Waals surface area contributed by atoms with Crippen LogP contribution in [0.15, 0.2) is 24.3 Å². The van der Waals surface area contributed by atoms with Gasteiger partial charge in [0.2, 0.25) is 0 Å². The highest BCUT2D eigenvalue weighted by Gasteiger charge is 2.20. The van der Waals surface area contributed by atoms with Gasteiger partial charge in [0.15, 0.2) is 6.23 Å². The van der Waals surface area contributed by atoms with Crippen LogP contribution in [-0.4, -0.2) is 12.8 Å². The molecule has 1 aliphatic heterocycles. The molecule has 0 saturated heterocycles. The van der Waals surface area contributed by atoms with Crippen molar-refractivity contribution in [1.29, 1.82) is 0 Å². The molecule has 0 fully saturated rings. The maximum atomic E-state index is 5.70. The third-order valence-electron chi connectivity index (χ3n) is 2.27. The standard InChI is InChI=1S/C11H15NO/c1-2-7-12-11-8-9-5-3-4-6-10(9)13-11/h3-6,11-12H,2,7-8H2,1H3. The first-order valence-electron chi connectivity index (χ1n) is 4.88. The van der Waals surface area contributed by atoms with Crippen molar-refractivity contribution in [1.82, 2.24) is 5.32 Å². The first-order valence-corrected chi connectivity index (χ1v) is 4.88. The first kappa shape index (κ1) is 8.57. The minimum atomic E-state index is 0.192. The van der Waals surface area contributed by atoms with E-state index in [0.717, 1.165) is 25.1 Å². The Kier molecular flexibility index (Phi) is 2.50. The third kappa shape index (κ3) is 1.83. The van der Waals surface area contributed by atoms with E-state index in [9.17, 15) is 0 Å². The Labute approximate surface area is 78.9 Å². The van der Waals surface area contributed by atoms with Gasteiger partial charge >= 0.3 is 0 Å². The summed E-state index contributed by atoms with van der Waals surface area (Å²) >= 11 is 0. The largest absolute Gasteiger partial charge is 0.475 e. The van der Waals surface area contributed by atoms with Crippen molar-refractivity contribution in [2.24, 2.45) is 0 Å². The van der Waals surface area contributed by atoms with Crippen LogP contribution in [0.4, 0.5) is 0 Å². The second kappa shape index (κ2) is 3.79. The van der Waals surface area contributed by atoms with Gasteiger partial charge in [-0.25, -0.2) is 0 Å². The molecule has 0 bridgehead atoms. The highest BCUT2D eigenvalue weighted by molar-refractivity contribution is 5.36. The predicted molar refractivity (Wildman–Crippen MR) is 52.9 cm³/mol. The monoisotopic (exact) mass is 177 g/mol. The summed E-state index contributed by atoms with van der Waals surface area (Å²) in [5.74, 6) is 1.04. The molecule has 2 rings (SSSR count). The summed E-state index contributed by atoms with van der Waals surface area (Å²) in [6.45, 7) is 3.19. The number of benzene rings is 1. The second-order valence-corrected chi connectivity index (χ2v) is 3.37. The van der Waals surface area contributed by atoms with Crippen molar-refractivity contribution in [3.63, 3.8) is 0 Å².